The summed E-state index contributed by atoms with van der Waals surface area (Å²) in [6.07, 6.45) is 5.65. The Morgan fingerprint density at radius 2 is 2.19 bits per heavy atom. The van der Waals surface area contributed by atoms with E-state index in [1.54, 1.807) is 12.1 Å². The fourth-order valence-corrected chi connectivity index (χ4v) is 3.00. The van der Waals surface area contributed by atoms with Crippen molar-refractivity contribution in [2.75, 3.05) is 11.1 Å². The number of benzene rings is 1. The Balaban J connectivity index is 1.90. The summed E-state index contributed by atoms with van der Waals surface area (Å²) in [5.41, 5.74) is 7.07. The first kappa shape index (κ1) is 15.8. The molecule has 0 aromatic heterocycles. The summed E-state index contributed by atoms with van der Waals surface area (Å²) in [4.78, 5) is 12.2. The van der Waals surface area contributed by atoms with Crippen molar-refractivity contribution in [1.82, 2.24) is 0 Å². The Kier molecular flexibility index (Phi) is 5.62. The largest absolute Gasteiger partial charge is 0.399 e. The molecule has 3 unspecified atom stereocenters. The molecule has 1 aliphatic carbocycles. The van der Waals surface area contributed by atoms with Crippen LogP contribution in [0.4, 0.5) is 11.4 Å². The van der Waals surface area contributed by atoms with Crippen molar-refractivity contribution in [3.63, 3.8) is 0 Å². The van der Waals surface area contributed by atoms with Gasteiger partial charge in [-0.2, -0.15) is 0 Å². The summed E-state index contributed by atoms with van der Waals surface area (Å²) in [5, 5.41) is 2.86. The van der Waals surface area contributed by atoms with Crippen LogP contribution in [-0.4, -0.2) is 18.1 Å². The van der Waals surface area contributed by atoms with E-state index in [1.807, 2.05) is 19.1 Å². The Bertz CT molecular complexity index is 476. The van der Waals surface area contributed by atoms with Crippen LogP contribution in [0.2, 0.25) is 0 Å². The van der Waals surface area contributed by atoms with Crippen molar-refractivity contribution >= 4 is 17.3 Å². The standard InChI is InChI=1S/C17H26N2O2/c1-3-13-7-4-5-10-16(13)21-12(2)17(20)19-15-9-6-8-14(18)11-15/h6,8-9,11-13,16H,3-5,7,10,18H2,1-2H3,(H,19,20). The quantitative estimate of drug-likeness (QED) is 0.815. The number of hydrogen-bond acceptors (Lipinski definition) is 3. The van der Waals surface area contributed by atoms with E-state index in [-0.39, 0.29) is 12.0 Å². The van der Waals surface area contributed by atoms with Gasteiger partial charge in [0.05, 0.1) is 6.10 Å². The van der Waals surface area contributed by atoms with Gasteiger partial charge in [-0.15, -0.1) is 0 Å². The van der Waals surface area contributed by atoms with E-state index in [4.69, 9.17) is 10.5 Å². The van der Waals surface area contributed by atoms with Gasteiger partial charge in [-0.25, -0.2) is 0 Å². The molecule has 21 heavy (non-hydrogen) atoms. The third kappa shape index (κ3) is 4.46. The molecule has 1 aromatic carbocycles. The highest BCUT2D eigenvalue weighted by Crippen LogP contribution is 2.30. The average molecular weight is 290 g/mol. The van der Waals surface area contributed by atoms with Crippen LogP contribution in [0.1, 0.15) is 46.0 Å². The highest BCUT2D eigenvalue weighted by atomic mass is 16.5. The zero-order chi connectivity index (χ0) is 15.2. The SMILES string of the molecule is CCC1CCCCC1OC(C)C(=O)Nc1cccc(N)c1. The molecule has 0 spiro atoms. The maximum Gasteiger partial charge on any atom is 0.253 e. The minimum atomic E-state index is -0.441. The predicted octanol–water partition coefficient (Wildman–Crippen LogP) is 3.58. The number of carbonyl (C=O) groups is 1. The molecule has 0 bridgehead atoms. The number of anilines is 2. The van der Waals surface area contributed by atoms with Crippen molar-refractivity contribution < 1.29 is 9.53 Å². The van der Waals surface area contributed by atoms with Crippen molar-refractivity contribution in [2.45, 2.75) is 58.2 Å². The predicted molar refractivity (Wildman–Crippen MR) is 86.1 cm³/mol. The normalized spacial score (nSPS) is 23.5. The van der Waals surface area contributed by atoms with Crippen molar-refractivity contribution in [3.8, 4) is 0 Å². The van der Waals surface area contributed by atoms with E-state index in [9.17, 15) is 4.79 Å². The number of amides is 1. The number of nitrogen functional groups attached to an aromatic ring is 1. The van der Waals surface area contributed by atoms with Gasteiger partial charge in [-0.05, 0) is 43.9 Å². The lowest BCUT2D eigenvalue weighted by Crippen LogP contribution is -2.36. The summed E-state index contributed by atoms with van der Waals surface area (Å²) in [5.74, 6) is 0.474. The lowest BCUT2D eigenvalue weighted by atomic mass is 9.84. The molecule has 0 aliphatic heterocycles. The van der Waals surface area contributed by atoms with E-state index in [0.29, 0.717) is 17.3 Å². The van der Waals surface area contributed by atoms with Crippen LogP contribution in [0.15, 0.2) is 24.3 Å². The fraction of sp³-hybridized carbons (Fsp3) is 0.588. The molecule has 3 atom stereocenters. The summed E-state index contributed by atoms with van der Waals surface area (Å²) >= 11 is 0. The van der Waals surface area contributed by atoms with Crippen LogP contribution in [0, 0.1) is 5.92 Å². The van der Waals surface area contributed by atoms with Crippen molar-refractivity contribution in [2.24, 2.45) is 5.92 Å². The maximum atomic E-state index is 12.2. The second kappa shape index (κ2) is 7.46. The van der Waals surface area contributed by atoms with Gasteiger partial charge in [0.15, 0.2) is 0 Å². The fourth-order valence-electron chi connectivity index (χ4n) is 3.00. The number of ether oxygens (including phenoxy) is 1. The van der Waals surface area contributed by atoms with Gasteiger partial charge in [0.1, 0.15) is 6.10 Å². The number of nitrogens with one attached hydrogen (secondary N) is 1. The van der Waals surface area contributed by atoms with Crippen molar-refractivity contribution in [3.05, 3.63) is 24.3 Å². The smallest absolute Gasteiger partial charge is 0.253 e. The Morgan fingerprint density at radius 3 is 2.90 bits per heavy atom. The molecule has 2 rings (SSSR count). The lowest BCUT2D eigenvalue weighted by molar-refractivity contribution is -0.134. The highest BCUT2D eigenvalue weighted by molar-refractivity contribution is 5.94. The van der Waals surface area contributed by atoms with E-state index in [1.165, 1.54) is 19.3 Å². The van der Waals surface area contributed by atoms with Crippen LogP contribution >= 0.6 is 0 Å². The monoisotopic (exact) mass is 290 g/mol. The van der Waals surface area contributed by atoms with Gasteiger partial charge in [-0.1, -0.05) is 32.3 Å². The molecule has 1 fully saturated rings. The van der Waals surface area contributed by atoms with Gasteiger partial charge >= 0.3 is 0 Å². The Morgan fingerprint density at radius 1 is 1.43 bits per heavy atom. The summed E-state index contributed by atoms with van der Waals surface area (Å²) < 4.78 is 6.02. The number of rotatable bonds is 5. The molecule has 1 aromatic rings. The molecule has 3 N–H and O–H groups in total. The molecular weight excluding hydrogens is 264 g/mol. The first-order chi connectivity index (χ1) is 10.1. The average Bonchev–Trinajstić information content (AvgIpc) is 2.47. The second-order valence-corrected chi connectivity index (χ2v) is 5.88. The molecular formula is C17H26N2O2. The van der Waals surface area contributed by atoms with Crippen LogP contribution in [0.25, 0.3) is 0 Å². The molecule has 4 nitrogen and oxygen atoms in total. The molecule has 0 heterocycles. The van der Waals surface area contributed by atoms with Gasteiger partial charge in [-0.3, -0.25) is 4.79 Å². The zero-order valence-electron chi connectivity index (χ0n) is 13.0. The minimum absolute atomic E-state index is 0.110. The third-order valence-electron chi connectivity index (χ3n) is 4.27. The van der Waals surface area contributed by atoms with Crippen molar-refractivity contribution in [1.29, 1.82) is 0 Å². The first-order valence-electron chi connectivity index (χ1n) is 7.92. The number of carbonyl (C=O) groups excluding carboxylic acids is 1. The molecule has 1 saturated carbocycles. The highest BCUT2D eigenvalue weighted by Gasteiger charge is 2.27. The lowest BCUT2D eigenvalue weighted by Gasteiger charge is -2.32. The molecule has 1 amide bonds. The molecule has 0 saturated heterocycles. The van der Waals surface area contributed by atoms with Crippen LogP contribution in [-0.2, 0) is 9.53 Å². The summed E-state index contributed by atoms with van der Waals surface area (Å²) in [7, 11) is 0. The molecule has 1 aliphatic rings. The van der Waals surface area contributed by atoms with Crippen LogP contribution < -0.4 is 11.1 Å². The van der Waals surface area contributed by atoms with E-state index < -0.39 is 6.10 Å². The van der Waals surface area contributed by atoms with Gasteiger partial charge in [0, 0.05) is 11.4 Å². The number of nitrogens with two attached hydrogens (primary N) is 1. The first-order valence-corrected chi connectivity index (χ1v) is 7.92. The molecule has 116 valence electrons. The van der Waals surface area contributed by atoms with Crippen LogP contribution in [0.3, 0.4) is 0 Å². The second-order valence-electron chi connectivity index (χ2n) is 5.88. The van der Waals surface area contributed by atoms with E-state index in [2.05, 4.69) is 12.2 Å². The van der Waals surface area contributed by atoms with Gasteiger partial charge in [0.2, 0.25) is 0 Å². The van der Waals surface area contributed by atoms with E-state index in [0.717, 1.165) is 12.8 Å². The minimum Gasteiger partial charge on any atom is -0.399 e. The Labute approximate surface area is 127 Å². The molecule has 0 radical (unpaired) electrons. The summed E-state index contributed by atoms with van der Waals surface area (Å²) in [6.45, 7) is 4.02. The maximum absolute atomic E-state index is 12.2. The molecule has 4 heteroatoms. The van der Waals surface area contributed by atoms with E-state index >= 15 is 0 Å². The van der Waals surface area contributed by atoms with Gasteiger partial charge in [0.25, 0.3) is 5.91 Å². The van der Waals surface area contributed by atoms with Crippen LogP contribution in [0.5, 0.6) is 0 Å². The third-order valence-corrected chi connectivity index (χ3v) is 4.27. The van der Waals surface area contributed by atoms with Gasteiger partial charge < -0.3 is 15.8 Å². The topological polar surface area (TPSA) is 64.3 Å². The Hall–Kier alpha value is -1.55. The number of hydrogen-bond donors (Lipinski definition) is 2. The summed E-state index contributed by atoms with van der Waals surface area (Å²) in [6, 6.07) is 7.20. The zero-order valence-corrected chi connectivity index (χ0v) is 13.0.